The molecule has 0 amide bonds. The summed E-state index contributed by atoms with van der Waals surface area (Å²) in [6.45, 7) is 2.28. The first-order chi connectivity index (χ1) is 5.65. The van der Waals surface area contributed by atoms with Gasteiger partial charge in [0.15, 0.2) is 5.75 Å². The molecule has 0 N–H and O–H groups in total. The van der Waals surface area contributed by atoms with Crippen LogP contribution in [0.1, 0.15) is 19.8 Å². The van der Waals surface area contributed by atoms with E-state index in [9.17, 15) is 9.59 Å². The lowest BCUT2D eigenvalue weighted by molar-refractivity contribution is 0.405. The summed E-state index contributed by atoms with van der Waals surface area (Å²) in [4.78, 5) is 20.3. The summed E-state index contributed by atoms with van der Waals surface area (Å²) in [6.07, 6.45) is 2.97. The number of ether oxygens (including phenoxy) is 1. The Balaban J connectivity index is 0.000000150. The molecule has 3 nitrogen and oxygen atoms in total. The van der Waals surface area contributed by atoms with Crippen LogP contribution >= 0.6 is 0 Å². The van der Waals surface area contributed by atoms with E-state index < -0.39 is 10.9 Å². The SMILES string of the molecule is CC1CC1.COc1cc(=O)c1=O. The zero-order valence-corrected chi connectivity index (χ0v) is 7.29. The largest absolute Gasteiger partial charge is 0.492 e. The Hall–Kier alpha value is -1.12. The highest BCUT2D eigenvalue weighted by Gasteiger charge is 2.12. The van der Waals surface area contributed by atoms with Crippen molar-refractivity contribution in [1.82, 2.24) is 0 Å². The van der Waals surface area contributed by atoms with E-state index in [0.29, 0.717) is 0 Å². The summed E-state index contributed by atoms with van der Waals surface area (Å²) in [7, 11) is 1.36. The van der Waals surface area contributed by atoms with Gasteiger partial charge >= 0.3 is 0 Å². The second kappa shape index (κ2) is 3.52. The minimum absolute atomic E-state index is 0.162. The fourth-order valence-electron chi connectivity index (χ4n) is 0.612. The fourth-order valence-corrected chi connectivity index (χ4v) is 0.612. The number of hydrogen-bond donors (Lipinski definition) is 0. The molecule has 1 fully saturated rings. The predicted molar refractivity (Wildman–Crippen MR) is 46.3 cm³/mol. The molecule has 0 heterocycles. The number of hydrogen-bond acceptors (Lipinski definition) is 3. The van der Waals surface area contributed by atoms with E-state index in [1.54, 1.807) is 0 Å². The Morgan fingerprint density at radius 1 is 1.42 bits per heavy atom. The minimum atomic E-state index is -0.521. The quantitative estimate of drug-likeness (QED) is 0.580. The van der Waals surface area contributed by atoms with Gasteiger partial charge in [0, 0.05) is 6.07 Å². The molecule has 1 aliphatic rings. The molecule has 1 aliphatic carbocycles. The van der Waals surface area contributed by atoms with Crippen LogP contribution in [-0.2, 0) is 0 Å². The molecule has 66 valence electrons. The highest BCUT2D eigenvalue weighted by Crippen LogP contribution is 2.26. The average molecular weight is 168 g/mol. The molecule has 1 aromatic rings. The van der Waals surface area contributed by atoms with Crippen LogP contribution in [0.3, 0.4) is 0 Å². The van der Waals surface area contributed by atoms with E-state index in [1.807, 2.05) is 0 Å². The Kier molecular flexibility index (Phi) is 2.63. The molecule has 0 aliphatic heterocycles. The molecular weight excluding hydrogens is 156 g/mol. The van der Waals surface area contributed by atoms with Gasteiger partial charge in [-0.25, -0.2) is 0 Å². The molecule has 0 saturated heterocycles. The molecule has 0 spiro atoms. The normalized spacial score (nSPS) is 15.2. The van der Waals surface area contributed by atoms with E-state index in [2.05, 4.69) is 11.7 Å². The van der Waals surface area contributed by atoms with Crippen molar-refractivity contribution in [3.05, 3.63) is 26.5 Å². The van der Waals surface area contributed by atoms with Crippen LogP contribution in [0.2, 0.25) is 0 Å². The molecule has 0 aromatic heterocycles. The van der Waals surface area contributed by atoms with Crippen LogP contribution in [-0.4, -0.2) is 7.11 Å². The van der Waals surface area contributed by atoms with Gasteiger partial charge in [0.1, 0.15) is 0 Å². The van der Waals surface area contributed by atoms with Gasteiger partial charge in [0.2, 0.25) is 5.43 Å². The standard InChI is InChI=1S/C5H4O3.C4H8/c1-8-4-2-3(6)5(4)7;1-4-2-3-4/h2H,1H3;4H,2-3H2,1H3. The minimum Gasteiger partial charge on any atom is -0.492 e. The second-order valence-corrected chi connectivity index (χ2v) is 3.09. The lowest BCUT2D eigenvalue weighted by atomic mass is 10.3. The summed E-state index contributed by atoms with van der Waals surface area (Å²) >= 11 is 0. The first-order valence-corrected chi connectivity index (χ1v) is 3.99. The van der Waals surface area contributed by atoms with Crippen LogP contribution in [0.25, 0.3) is 0 Å². The number of rotatable bonds is 1. The molecule has 0 bridgehead atoms. The monoisotopic (exact) mass is 168 g/mol. The van der Waals surface area contributed by atoms with Crippen molar-refractivity contribution in [3.63, 3.8) is 0 Å². The van der Waals surface area contributed by atoms with Crippen LogP contribution in [0.4, 0.5) is 0 Å². The summed E-state index contributed by atoms with van der Waals surface area (Å²) < 4.78 is 4.46. The highest BCUT2D eigenvalue weighted by atomic mass is 16.5. The zero-order chi connectivity index (χ0) is 9.14. The summed E-state index contributed by atoms with van der Waals surface area (Å²) in [5.74, 6) is 1.25. The number of methoxy groups -OCH3 is 1. The van der Waals surface area contributed by atoms with Crippen molar-refractivity contribution in [2.24, 2.45) is 5.92 Å². The van der Waals surface area contributed by atoms with Crippen LogP contribution < -0.4 is 15.6 Å². The maximum atomic E-state index is 10.2. The van der Waals surface area contributed by atoms with Crippen LogP contribution in [0, 0.1) is 5.92 Å². The third-order valence-electron chi connectivity index (χ3n) is 1.80. The third kappa shape index (κ3) is 2.19. The van der Waals surface area contributed by atoms with Gasteiger partial charge in [0.05, 0.1) is 7.11 Å². The van der Waals surface area contributed by atoms with E-state index in [4.69, 9.17) is 0 Å². The van der Waals surface area contributed by atoms with E-state index in [1.165, 1.54) is 26.0 Å². The molecule has 0 atom stereocenters. The Morgan fingerprint density at radius 3 is 2.00 bits per heavy atom. The van der Waals surface area contributed by atoms with Gasteiger partial charge in [-0.1, -0.05) is 19.8 Å². The molecule has 12 heavy (non-hydrogen) atoms. The Morgan fingerprint density at radius 2 is 1.92 bits per heavy atom. The van der Waals surface area contributed by atoms with Crippen molar-refractivity contribution >= 4 is 0 Å². The summed E-state index contributed by atoms with van der Waals surface area (Å²) in [5.41, 5.74) is -0.991. The molecule has 1 saturated carbocycles. The first-order valence-electron chi connectivity index (χ1n) is 3.99. The van der Waals surface area contributed by atoms with Crippen LogP contribution in [0.15, 0.2) is 15.7 Å². The van der Waals surface area contributed by atoms with Crippen molar-refractivity contribution in [3.8, 4) is 5.75 Å². The van der Waals surface area contributed by atoms with Crippen molar-refractivity contribution in [1.29, 1.82) is 0 Å². The fraction of sp³-hybridized carbons (Fsp3) is 0.556. The second-order valence-electron chi connectivity index (χ2n) is 3.09. The van der Waals surface area contributed by atoms with Gasteiger partial charge < -0.3 is 4.74 Å². The van der Waals surface area contributed by atoms with Gasteiger partial charge in [0.25, 0.3) is 5.43 Å². The van der Waals surface area contributed by atoms with Gasteiger partial charge in [-0.3, -0.25) is 9.59 Å². The van der Waals surface area contributed by atoms with Gasteiger partial charge in [-0.05, 0) is 5.92 Å². The summed E-state index contributed by atoms with van der Waals surface area (Å²) in [5, 5.41) is 0. The molecule has 1 aromatic carbocycles. The highest BCUT2D eigenvalue weighted by molar-refractivity contribution is 5.26. The average Bonchev–Trinajstić information content (AvgIpc) is 2.83. The maximum Gasteiger partial charge on any atom is 0.267 e. The maximum absolute atomic E-state index is 10.2. The molecule has 0 unspecified atom stereocenters. The summed E-state index contributed by atoms with van der Waals surface area (Å²) in [6, 6.07) is 1.17. The van der Waals surface area contributed by atoms with Crippen molar-refractivity contribution < 1.29 is 4.74 Å². The third-order valence-corrected chi connectivity index (χ3v) is 1.80. The van der Waals surface area contributed by atoms with Crippen molar-refractivity contribution in [2.75, 3.05) is 7.11 Å². The molecular formula is C9H12O3. The lowest BCUT2D eigenvalue weighted by Crippen LogP contribution is -2.29. The van der Waals surface area contributed by atoms with Crippen LogP contribution in [0.5, 0.6) is 5.75 Å². The molecule has 3 heteroatoms. The predicted octanol–water partition coefficient (Wildman–Crippen LogP) is 0.707. The van der Waals surface area contributed by atoms with Gasteiger partial charge in [-0.15, -0.1) is 0 Å². The first kappa shape index (κ1) is 8.97. The van der Waals surface area contributed by atoms with Crippen molar-refractivity contribution in [2.45, 2.75) is 19.8 Å². The molecule has 2 rings (SSSR count). The van der Waals surface area contributed by atoms with E-state index >= 15 is 0 Å². The topological polar surface area (TPSA) is 43.4 Å². The Bertz CT molecular complexity index is 316. The Labute approximate surface area is 70.7 Å². The molecule has 0 radical (unpaired) electrons. The van der Waals surface area contributed by atoms with E-state index in [0.717, 1.165) is 5.92 Å². The lowest BCUT2D eigenvalue weighted by Gasteiger charge is -1.94. The zero-order valence-electron chi connectivity index (χ0n) is 7.29. The van der Waals surface area contributed by atoms with Gasteiger partial charge in [-0.2, -0.15) is 0 Å². The smallest absolute Gasteiger partial charge is 0.267 e. The van der Waals surface area contributed by atoms with E-state index in [-0.39, 0.29) is 5.75 Å².